The first-order valence-electron chi connectivity index (χ1n) is 21.4. The molecule has 0 unspecified atom stereocenters. The number of carboxylic acids is 1. The first-order valence-corrected chi connectivity index (χ1v) is 22.5. The largest absolute Gasteiger partial charge is 0.496 e. The zero-order valence-electron chi connectivity index (χ0n) is 36.3. The summed E-state index contributed by atoms with van der Waals surface area (Å²) in [7, 11) is 3.77. The number of halogens is 1. The van der Waals surface area contributed by atoms with Crippen LogP contribution in [0.15, 0.2) is 103 Å². The average Bonchev–Trinajstić information content (AvgIpc) is 3.73. The Labute approximate surface area is 381 Å². The number of aliphatic carboxylic acids is 1. The number of rotatable bonds is 18. The molecular weight excluding hydrogens is 850 g/mol. The summed E-state index contributed by atoms with van der Waals surface area (Å²) in [5.41, 5.74) is 5.74. The zero-order chi connectivity index (χ0) is 44.6. The van der Waals surface area contributed by atoms with Gasteiger partial charge in [-0.05, 0) is 130 Å². The van der Waals surface area contributed by atoms with Gasteiger partial charge in [0, 0.05) is 29.9 Å². The predicted octanol–water partition coefficient (Wildman–Crippen LogP) is 10.6. The lowest BCUT2D eigenvalue weighted by atomic mass is 9.93. The van der Waals surface area contributed by atoms with E-state index in [2.05, 4.69) is 16.9 Å². The van der Waals surface area contributed by atoms with Gasteiger partial charge in [-0.3, -0.25) is 4.98 Å². The van der Waals surface area contributed by atoms with Crippen molar-refractivity contribution >= 4 is 39.2 Å². The zero-order valence-corrected chi connectivity index (χ0v) is 37.8. The van der Waals surface area contributed by atoms with Crippen molar-refractivity contribution in [3.63, 3.8) is 0 Å². The fraction of sp³-hybridized carbons (Fsp3) is 0.300. The quantitative estimate of drug-likeness (QED) is 0.0877. The van der Waals surface area contributed by atoms with Crippen molar-refractivity contribution in [3.05, 3.63) is 125 Å². The van der Waals surface area contributed by atoms with Gasteiger partial charge in [0.25, 0.3) is 0 Å². The first-order chi connectivity index (χ1) is 31.2. The number of benzene rings is 4. The van der Waals surface area contributed by atoms with Gasteiger partial charge in [0.15, 0.2) is 5.82 Å². The number of para-hydroxylation sites is 2. The molecule has 1 N–H and O–H groups in total. The number of hydrogen-bond acceptors (Lipinski definition) is 12. The molecule has 14 heteroatoms. The number of methoxy groups -OCH3 is 1. The minimum absolute atomic E-state index is 0.0150. The summed E-state index contributed by atoms with van der Waals surface area (Å²) < 4.78 is 35.9. The van der Waals surface area contributed by atoms with E-state index in [1.807, 2.05) is 92.7 Å². The standard InChI is InChI=1S/C50H50ClN5O7S/c1-5-60-36-13-10-12-34(27-36)47-44(37-17-18-41(46(51)31(37)2)61-26-22-32-20-24-56(3)25-21-32)45-43(29-53-47)64-55-49(45)63-42(50(57)58)28-33-11-6-8-15-39(33)62-30-35-19-23-52-48(54-35)38-14-7-9-16-40(38)59-4/h6-19,23,27,29,32,42H,5,20-22,24-26,28,30H2,1-4H3,(H,57,58)/t42-/m1/s1. The Bertz CT molecular complexity index is 2740. The van der Waals surface area contributed by atoms with E-state index in [9.17, 15) is 9.90 Å². The Hall–Kier alpha value is -6.28. The molecule has 0 aliphatic carbocycles. The normalized spacial score (nSPS) is 13.7. The molecule has 0 amide bonds. The van der Waals surface area contributed by atoms with Gasteiger partial charge in [0.05, 0.1) is 52.4 Å². The van der Waals surface area contributed by atoms with Crippen molar-refractivity contribution < 1.29 is 33.6 Å². The lowest BCUT2D eigenvalue weighted by Crippen LogP contribution is -2.30. The van der Waals surface area contributed by atoms with Crippen LogP contribution in [0.25, 0.3) is 43.9 Å². The number of aromatic nitrogens is 4. The lowest BCUT2D eigenvalue weighted by molar-refractivity contribution is -0.145. The summed E-state index contributed by atoms with van der Waals surface area (Å²) in [5.74, 6) is 2.60. The molecule has 4 aromatic carbocycles. The highest BCUT2D eigenvalue weighted by Crippen LogP contribution is 2.46. The highest BCUT2D eigenvalue weighted by molar-refractivity contribution is 7.13. The van der Waals surface area contributed by atoms with E-state index in [1.165, 1.54) is 11.5 Å². The molecule has 0 saturated carbocycles. The van der Waals surface area contributed by atoms with E-state index >= 15 is 0 Å². The molecule has 0 radical (unpaired) electrons. The summed E-state index contributed by atoms with van der Waals surface area (Å²) in [4.78, 5) is 29.6. The predicted molar refractivity (Wildman–Crippen MR) is 250 cm³/mol. The van der Waals surface area contributed by atoms with Gasteiger partial charge in [0.2, 0.25) is 12.0 Å². The smallest absolute Gasteiger partial charge is 0.345 e. The average molecular weight is 900 g/mol. The number of nitrogens with zero attached hydrogens (tertiary/aromatic N) is 5. The molecule has 1 atom stereocenters. The SMILES string of the molecule is CCOc1cccc(-c2ncc3snc(O[C@H](Cc4ccccc4OCc4ccnc(-c5ccccc5OC)n4)C(=O)O)c3c2-c2ccc(OCCC3CCN(C)CC3)c(Cl)c2C)c1. The summed E-state index contributed by atoms with van der Waals surface area (Å²) in [6.07, 6.45) is 5.36. The number of carboxylic acid groups (broad SMARTS) is 1. The fourth-order valence-corrected chi connectivity index (χ4v) is 8.93. The van der Waals surface area contributed by atoms with Crippen LogP contribution in [0.1, 0.15) is 43.0 Å². The Morgan fingerprint density at radius 3 is 2.52 bits per heavy atom. The topological polar surface area (TPSA) is 138 Å². The van der Waals surface area contributed by atoms with Gasteiger partial charge in [-0.25, -0.2) is 14.8 Å². The molecule has 1 aliphatic heterocycles. The van der Waals surface area contributed by atoms with Crippen LogP contribution in [-0.4, -0.2) is 81.9 Å². The van der Waals surface area contributed by atoms with E-state index in [-0.39, 0.29) is 18.9 Å². The molecule has 64 heavy (non-hydrogen) atoms. The van der Waals surface area contributed by atoms with Gasteiger partial charge in [-0.15, -0.1) is 0 Å². The summed E-state index contributed by atoms with van der Waals surface area (Å²) >= 11 is 8.33. The molecule has 4 heterocycles. The number of carbonyl (C=O) groups is 1. The van der Waals surface area contributed by atoms with Crippen LogP contribution < -0.4 is 23.7 Å². The van der Waals surface area contributed by atoms with E-state index in [1.54, 1.807) is 31.6 Å². The maximum atomic E-state index is 13.1. The molecule has 0 spiro atoms. The third-order valence-corrected chi connectivity index (χ3v) is 12.7. The summed E-state index contributed by atoms with van der Waals surface area (Å²) in [6.45, 7) is 7.29. The lowest BCUT2D eigenvalue weighted by Gasteiger charge is -2.28. The molecule has 1 saturated heterocycles. The Morgan fingerprint density at radius 1 is 0.922 bits per heavy atom. The van der Waals surface area contributed by atoms with Crippen molar-refractivity contribution in [3.8, 4) is 62.7 Å². The number of fused-ring (bicyclic) bond motifs is 1. The number of ether oxygens (including phenoxy) is 5. The Balaban J connectivity index is 1.10. The van der Waals surface area contributed by atoms with Crippen molar-refractivity contribution in [2.45, 2.75) is 52.2 Å². The molecular formula is C50H50ClN5O7S. The number of likely N-dealkylation sites (tertiary alicyclic amines) is 1. The molecule has 12 nitrogen and oxygen atoms in total. The van der Waals surface area contributed by atoms with Crippen LogP contribution in [-0.2, 0) is 17.8 Å². The summed E-state index contributed by atoms with van der Waals surface area (Å²) in [6, 6.07) is 28.2. The van der Waals surface area contributed by atoms with E-state index < -0.39 is 12.1 Å². The monoisotopic (exact) mass is 899 g/mol. The van der Waals surface area contributed by atoms with Crippen molar-refractivity contribution in [1.29, 1.82) is 0 Å². The van der Waals surface area contributed by atoms with Crippen LogP contribution in [0.5, 0.6) is 28.9 Å². The van der Waals surface area contributed by atoms with Gasteiger partial charge < -0.3 is 33.7 Å². The number of hydrogen-bond donors (Lipinski definition) is 1. The third-order valence-electron chi connectivity index (χ3n) is 11.5. The summed E-state index contributed by atoms with van der Waals surface area (Å²) in [5, 5.41) is 11.8. The minimum Gasteiger partial charge on any atom is -0.496 e. The van der Waals surface area contributed by atoms with E-state index in [4.69, 9.17) is 49.6 Å². The minimum atomic E-state index is -1.33. The molecule has 330 valence electrons. The van der Waals surface area contributed by atoms with Gasteiger partial charge >= 0.3 is 5.97 Å². The first kappa shape index (κ1) is 44.3. The van der Waals surface area contributed by atoms with Crippen LogP contribution in [0.2, 0.25) is 5.02 Å². The molecule has 1 fully saturated rings. The Morgan fingerprint density at radius 2 is 1.72 bits per heavy atom. The van der Waals surface area contributed by atoms with Crippen molar-refractivity contribution in [2.75, 3.05) is 40.5 Å². The second-order valence-electron chi connectivity index (χ2n) is 15.7. The van der Waals surface area contributed by atoms with Crippen LogP contribution in [0.4, 0.5) is 0 Å². The maximum Gasteiger partial charge on any atom is 0.345 e. The van der Waals surface area contributed by atoms with Crippen LogP contribution >= 0.6 is 23.1 Å². The molecule has 0 bridgehead atoms. The Kier molecular flexibility index (Phi) is 14.2. The number of pyridine rings is 1. The molecule has 7 aromatic rings. The van der Waals surface area contributed by atoms with Crippen molar-refractivity contribution in [1.82, 2.24) is 24.2 Å². The van der Waals surface area contributed by atoms with Crippen molar-refractivity contribution in [2.24, 2.45) is 5.92 Å². The van der Waals surface area contributed by atoms with Gasteiger partial charge in [-0.1, -0.05) is 60.1 Å². The van der Waals surface area contributed by atoms with Crippen LogP contribution in [0, 0.1) is 12.8 Å². The second kappa shape index (κ2) is 20.5. The number of piperidine rings is 1. The molecule has 8 rings (SSSR count). The van der Waals surface area contributed by atoms with Gasteiger partial charge in [-0.2, -0.15) is 4.37 Å². The second-order valence-corrected chi connectivity index (χ2v) is 16.9. The van der Waals surface area contributed by atoms with Crippen LogP contribution in [0.3, 0.4) is 0 Å². The van der Waals surface area contributed by atoms with E-state index in [0.29, 0.717) is 85.6 Å². The highest BCUT2D eigenvalue weighted by Gasteiger charge is 2.28. The highest BCUT2D eigenvalue weighted by atomic mass is 35.5. The fourth-order valence-electron chi connectivity index (χ4n) is 8.02. The van der Waals surface area contributed by atoms with E-state index in [0.717, 1.165) is 54.6 Å². The molecule has 1 aliphatic rings. The van der Waals surface area contributed by atoms with Gasteiger partial charge in [0.1, 0.15) is 29.6 Å². The maximum absolute atomic E-state index is 13.1. The molecule has 3 aromatic heterocycles. The third kappa shape index (κ3) is 10.1.